The fourth-order valence-electron chi connectivity index (χ4n) is 3.52. The molecule has 4 aromatic rings. The standard InChI is InChI=1S/C24H19F3N2O3/c25-24(26,27)15-32-17-11-9-16(10-12-17)13-28-22(30)14-29-20-7-3-1-5-18(20)23(31)19-6-2-4-8-21(19)29/h1-12H,13-15H2,(H,28,30). The summed E-state index contributed by atoms with van der Waals surface area (Å²) in [6.07, 6.45) is -4.40. The van der Waals surface area contributed by atoms with Gasteiger partial charge in [0.25, 0.3) is 0 Å². The van der Waals surface area contributed by atoms with Crippen molar-refractivity contribution in [3.63, 3.8) is 0 Å². The van der Waals surface area contributed by atoms with Crippen molar-refractivity contribution in [1.82, 2.24) is 9.88 Å². The lowest BCUT2D eigenvalue weighted by atomic mass is 10.1. The van der Waals surface area contributed by atoms with E-state index in [1.54, 1.807) is 53.1 Å². The molecule has 0 spiro atoms. The van der Waals surface area contributed by atoms with Crippen molar-refractivity contribution in [1.29, 1.82) is 0 Å². The van der Waals surface area contributed by atoms with Gasteiger partial charge in [-0.3, -0.25) is 9.59 Å². The second-order valence-corrected chi connectivity index (χ2v) is 7.27. The first-order valence-corrected chi connectivity index (χ1v) is 9.87. The van der Waals surface area contributed by atoms with Crippen LogP contribution >= 0.6 is 0 Å². The molecule has 0 saturated carbocycles. The summed E-state index contributed by atoms with van der Waals surface area (Å²) in [7, 11) is 0. The third-order valence-corrected chi connectivity index (χ3v) is 5.00. The molecule has 0 unspecified atom stereocenters. The Balaban J connectivity index is 1.49. The van der Waals surface area contributed by atoms with Crippen LogP contribution in [0.15, 0.2) is 77.6 Å². The second-order valence-electron chi connectivity index (χ2n) is 7.27. The SMILES string of the molecule is O=C(Cn1c2ccccc2c(=O)c2ccccc21)NCc1ccc(OCC(F)(F)F)cc1. The van der Waals surface area contributed by atoms with Crippen LogP contribution in [0.1, 0.15) is 5.56 Å². The number of halogens is 3. The molecule has 1 aromatic heterocycles. The molecule has 0 aliphatic heterocycles. The lowest BCUT2D eigenvalue weighted by Gasteiger charge is -2.15. The smallest absolute Gasteiger partial charge is 0.422 e. The number of fused-ring (bicyclic) bond motifs is 2. The summed E-state index contributed by atoms with van der Waals surface area (Å²) in [5, 5.41) is 3.88. The van der Waals surface area contributed by atoms with Gasteiger partial charge < -0.3 is 14.6 Å². The van der Waals surface area contributed by atoms with Crippen molar-refractivity contribution in [2.45, 2.75) is 19.3 Å². The van der Waals surface area contributed by atoms with E-state index < -0.39 is 12.8 Å². The van der Waals surface area contributed by atoms with Gasteiger partial charge in [-0.05, 0) is 42.0 Å². The number of alkyl halides is 3. The van der Waals surface area contributed by atoms with Gasteiger partial charge in [0.15, 0.2) is 12.0 Å². The number of para-hydroxylation sites is 2. The van der Waals surface area contributed by atoms with E-state index in [1.165, 1.54) is 12.1 Å². The van der Waals surface area contributed by atoms with E-state index in [1.807, 2.05) is 12.1 Å². The van der Waals surface area contributed by atoms with Gasteiger partial charge in [-0.2, -0.15) is 13.2 Å². The van der Waals surface area contributed by atoms with Gasteiger partial charge in [-0.15, -0.1) is 0 Å². The van der Waals surface area contributed by atoms with E-state index in [-0.39, 0.29) is 30.2 Å². The van der Waals surface area contributed by atoms with Crippen molar-refractivity contribution < 1.29 is 22.7 Å². The summed E-state index contributed by atoms with van der Waals surface area (Å²) in [6, 6.07) is 20.3. The minimum absolute atomic E-state index is 0.00802. The minimum atomic E-state index is -4.40. The number of nitrogens with zero attached hydrogens (tertiary/aromatic N) is 1. The number of rotatable bonds is 6. The van der Waals surface area contributed by atoms with Crippen LogP contribution in [0.4, 0.5) is 13.2 Å². The Morgan fingerprint density at radius 3 is 2.00 bits per heavy atom. The molecule has 5 nitrogen and oxygen atoms in total. The number of nitrogens with one attached hydrogen (secondary N) is 1. The van der Waals surface area contributed by atoms with E-state index in [0.29, 0.717) is 27.4 Å². The first-order chi connectivity index (χ1) is 15.3. The first kappa shape index (κ1) is 21.4. The van der Waals surface area contributed by atoms with Gasteiger partial charge in [-0.25, -0.2) is 0 Å². The molecule has 0 aliphatic rings. The number of carbonyl (C=O) groups is 1. The molecule has 3 aromatic carbocycles. The van der Waals surface area contributed by atoms with Gasteiger partial charge in [-0.1, -0.05) is 36.4 Å². The van der Waals surface area contributed by atoms with Crippen molar-refractivity contribution in [3.8, 4) is 5.75 Å². The highest BCUT2D eigenvalue weighted by Gasteiger charge is 2.28. The number of carbonyl (C=O) groups excluding carboxylic acids is 1. The van der Waals surface area contributed by atoms with Crippen molar-refractivity contribution >= 4 is 27.7 Å². The van der Waals surface area contributed by atoms with Crippen molar-refractivity contribution in [3.05, 3.63) is 88.6 Å². The summed E-state index contributed by atoms with van der Waals surface area (Å²) in [4.78, 5) is 25.5. The van der Waals surface area contributed by atoms with Gasteiger partial charge >= 0.3 is 6.18 Å². The van der Waals surface area contributed by atoms with Crippen molar-refractivity contribution in [2.75, 3.05) is 6.61 Å². The molecule has 164 valence electrons. The molecule has 0 atom stereocenters. The Morgan fingerprint density at radius 2 is 1.44 bits per heavy atom. The summed E-state index contributed by atoms with van der Waals surface area (Å²) in [5.41, 5.74) is 1.96. The molecule has 1 heterocycles. The molecule has 1 N–H and O–H groups in total. The average molecular weight is 440 g/mol. The molecule has 0 fully saturated rings. The highest BCUT2D eigenvalue weighted by atomic mass is 19.4. The molecular formula is C24H19F3N2O3. The van der Waals surface area contributed by atoms with Crippen LogP contribution in [0.5, 0.6) is 5.75 Å². The molecule has 0 saturated heterocycles. The number of amides is 1. The number of hydrogen-bond donors (Lipinski definition) is 1. The molecule has 8 heteroatoms. The summed E-state index contributed by atoms with van der Waals surface area (Å²) >= 11 is 0. The largest absolute Gasteiger partial charge is 0.484 e. The number of pyridine rings is 1. The van der Waals surface area contributed by atoms with Crippen LogP contribution in [-0.2, 0) is 17.9 Å². The number of aromatic nitrogens is 1. The van der Waals surface area contributed by atoms with Gasteiger partial charge in [0.2, 0.25) is 5.91 Å². The van der Waals surface area contributed by atoms with Gasteiger partial charge in [0.05, 0.1) is 11.0 Å². The van der Waals surface area contributed by atoms with Crippen LogP contribution in [0, 0.1) is 0 Å². The molecule has 0 radical (unpaired) electrons. The third-order valence-electron chi connectivity index (χ3n) is 5.00. The highest BCUT2D eigenvalue weighted by molar-refractivity contribution is 5.94. The Kier molecular flexibility index (Phi) is 5.85. The normalized spacial score (nSPS) is 11.6. The van der Waals surface area contributed by atoms with Gasteiger partial charge in [0.1, 0.15) is 12.3 Å². The van der Waals surface area contributed by atoms with Crippen molar-refractivity contribution in [2.24, 2.45) is 0 Å². The lowest BCUT2D eigenvalue weighted by molar-refractivity contribution is -0.153. The monoisotopic (exact) mass is 440 g/mol. The molecule has 4 rings (SSSR count). The third kappa shape index (κ3) is 4.74. The zero-order valence-corrected chi connectivity index (χ0v) is 16.9. The zero-order chi connectivity index (χ0) is 22.7. The number of benzene rings is 3. The molecular weight excluding hydrogens is 421 g/mol. The van der Waals surface area contributed by atoms with E-state index in [2.05, 4.69) is 10.1 Å². The minimum Gasteiger partial charge on any atom is -0.484 e. The number of ether oxygens (including phenoxy) is 1. The Labute approximate surface area is 181 Å². The van der Waals surface area contributed by atoms with E-state index in [9.17, 15) is 22.8 Å². The van der Waals surface area contributed by atoms with Crippen LogP contribution in [0.25, 0.3) is 21.8 Å². The second kappa shape index (κ2) is 8.74. The molecule has 32 heavy (non-hydrogen) atoms. The number of hydrogen-bond acceptors (Lipinski definition) is 3. The maximum Gasteiger partial charge on any atom is 0.422 e. The topological polar surface area (TPSA) is 60.3 Å². The van der Waals surface area contributed by atoms with Crippen LogP contribution < -0.4 is 15.5 Å². The first-order valence-electron chi connectivity index (χ1n) is 9.87. The molecule has 0 bridgehead atoms. The maximum atomic E-state index is 12.8. The molecule has 1 amide bonds. The summed E-state index contributed by atoms with van der Waals surface area (Å²) < 4.78 is 43.2. The maximum absolute atomic E-state index is 12.8. The van der Waals surface area contributed by atoms with Gasteiger partial charge in [0, 0.05) is 17.3 Å². The fourth-order valence-corrected chi connectivity index (χ4v) is 3.52. The molecule has 0 aliphatic carbocycles. The average Bonchev–Trinajstić information content (AvgIpc) is 2.79. The van der Waals surface area contributed by atoms with Crippen LogP contribution in [-0.4, -0.2) is 23.3 Å². The predicted molar refractivity (Wildman–Crippen MR) is 116 cm³/mol. The van der Waals surface area contributed by atoms with Crippen LogP contribution in [0.2, 0.25) is 0 Å². The quantitative estimate of drug-likeness (QED) is 0.452. The van der Waals surface area contributed by atoms with E-state index >= 15 is 0 Å². The van der Waals surface area contributed by atoms with Crippen LogP contribution in [0.3, 0.4) is 0 Å². The van der Waals surface area contributed by atoms with E-state index in [4.69, 9.17) is 0 Å². The lowest BCUT2D eigenvalue weighted by Crippen LogP contribution is -2.28. The highest BCUT2D eigenvalue weighted by Crippen LogP contribution is 2.20. The fraction of sp³-hybridized carbons (Fsp3) is 0.167. The predicted octanol–water partition coefficient (Wildman–Crippen LogP) is 4.41. The Morgan fingerprint density at radius 1 is 0.875 bits per heavy atom. The summed E-state index contributed by atoms with van der Waals surface area (Å²) in [6.45, 7) is -1.15. The zero-order valence-electron chi connectivity index (χ0n) is 16.9. The Bertz CT molecular complexity index is 1270. The Hall–Kier alpha value is -3.81. The van der Waals surface area contributed by atoms with E-state index in [0.717, 1.165) is 0 Å². The summed E-state index contributed by atoms with van der Waals surface area (Å²) in [5.74, 6) is -0.162.